The predicted octanol–water partition coefficient (Wildman–Crippen LogP) is 2.14. The molecule has 2 heterocycles. The van der Waals surface area contributed by atoms with E-state index in [4.69, 9.17) is 0 Å². The molecule has 0 saturated carbocycles. The van der Waals surface area contributed by atoms with E-state index in [0.29, 0.717) is 17.8 Å². The van der Waals surface area contributed by atoms with Gasteiger partial charge in [-0.2, -0.15) is 0 Å². The van der Waals surface area contributed by atoms with Crippen molar-refractivity contribution >= 4 is 45.1 Å². The molecule has 7 heteroatoms. The van der Waals surface area contributed by atoms with Crippen LogP contribution < -0.4 is 5.32 Å². The van der Waals surface area contributed by atoms with Gasteiger partial charge in [-0.1, -0.05) is 0 Å². The van der Waals surface area contributed by atoms with Crippen molar-refractivity contribution in [3.8, 4) is 0 Å². The minimum absolute atomic E-state index is 0.142. The van der Waals surface area contributed by atoms with E-state index in [0.717, 1.165) is 4.48 Å². The summed E-state index contributed by atoms with van der Waals surface area (Å²) in [6, 6.07) is 3.42. The number of aryl methyl sites for hydroxylation is 1. The molecule has 1 amide bonds. The van der Waals surface area contributed by atoms with Crippen molar-refractivity contribution in [3.63, 3.8) is 0 Å². The number of aromatic nitrogens is 1. The van der Waals surface area contributed by atoms with Gasteiger partial charge < -0.3 is 0 Å². The van der Waals surface area contributed by atoms with Crippen LogP contribution >= 0.6 is 0 Å². The van der Waals surface area contributed by atoms with Gasteiger partial charge in [0.15, 0.2) is 0 Å². The summed E-state index contributed by atoms with van der Waals surface area (Å²) in [5.41, 5.74) is 2.23. The Morgan fingerprint density at radius 1 is 1.41 bits per heavy atom. The van der Waals surface area contributed by atoms with Crippen LogP contribution in [-0.4, -0.2) is 50.5 Å². The van der Waals surface area contributed by atoms with Gasteiger partial charge >= 0.3 is 141 Å². The fourth-order valence-electron chi connectivity index (χ4n) is 2.57. The summed E-state index contributed by atoms with van der Waals surface area (Å²) in [5.74, 6) is -0.142. The van der Waals surface area contributed by atoms with Crippen molar-refractivity contribution < 1.29 is 13.4 Å². The molecule has 22 heavy (non-hydrogen) atoms. The van der Waals surface area contributed by atoms with Gasteiger partial charge in [-0.05, 0) is 0 Å². The maximum atomic E-state index is 13.4. The molecule has 0 aromatic carbocycles. The summed E-state index contributed by atoms with van der Waals surface area (Å²) in [4.78, 5) is 11.3. The van der Waals surface area contributed by atoms with E-state index in [1.165, 1.54) is 12.2 Å². The van der Waals surface area contributed by atoms with Gasteiger partial charge in [0.2, 0.25) is 0 Å². The fourth-order valence-corrected chi connectivity index (χ4v) is 6.54. The van der Waals surface area contributed by atoms with Gasteiger partial charge in [-0.25, -0.2) is 0 Å². The zero-order valence-electron chi connectivity index (χ0n) is 13.0. The Morgan fingerprint density at radius 3 is 2.68 bits per heavy atom. The molecular weight excluding hydrogens is 388 g/mol. The van der Waals surface area contributed by atoms with Crippen LogP contribution in [0.25, 0.3) is 6.08 Å². The number of nitrogens with zero attached hydrogens (tertiary/aromatic N) is 1. The van der Waals surface area contributed by atoms with Crippen LogP contribution in [0.1, 0.15) is 31.7 Å². The summed E-state index contributed by atoms with van der Waals surface area (Å²) in [6.07, 6.45) is 4.59. The molecule has 1 N–H and O–H groups in total. The van der Waals surface area contributed by atoms with Gasteiger partial charge in [0, 0.05) is 0 Å². The Morgan fingerprint density at radius 2 is 2.14 bits per heavy atom. The second-order valence-corrected chi connectivity index (χ2v) is 10.6. The quantitative estimate of drug-likeness (QED) is 0.748. The Hall–Kier alpha value is -1.10. The third kappa shape index (κ3) is 4.00. The van der Waals surface area contributed by atoms with Crippen molar-refractivity contribution in [2.24, 2.45) is 0 Å². The number of nitrogens with one attached hydrogen (secondary N) is 1. The molecule has 1 aromatic rings. The second-order valence-electron chi connectivity index (χ2n) is 5.39. The molecule has 0 spiro atoms. The van der Waals surface area contributed by atoms with Gasteiger partial charge in [0.1, 0.15) is 0 Å². The third-order valence-corrected chi connectivity index (χ3v) is 8.14. The molecule has 2 rings (SSSR count). The van der Waals surface area contributed by atoms with Crippen molar-refractivity contribution in [2.75, 3.05) is 7.05 Å². The number of hydrogen-bond acceptors (Lipinski definition) is 1. The average molecular weight is 406 g/mol. The molecule has 0 radical (unpaired) electrons. The fraction of sp³-hybridized carbons (Fsp3) is 0.333. The van der Waals surface area contributed by atoms with Crippen LogP contribution in [0.5, 0.6) is 0 Å². The van der Waals surface area contributed by atoms with E-state index in [1.807, 2.05) is 13.0 Å². The summed E-state index contributed by atoms with van der Waals surface area (Å²) in [6.45, 7) is 4.16. The monoisotopic (exact) mass is 406 g/mol. The summed E-state index contributed by atoms with van der Waals surface area (Å²) < 4.78 is 30.5. The molecule has 1 aromatic heterocycles. The number of halogens is 2. The Kier molecular flexibility index (Phi) is 5.84. The van der Waals surface area contributed by atoms with Gasteiger partial charge in [0.25, 0.3) is 0 Å². The Labute approximate surface area is 140 Å². The van der Waals surface area contributed by atoms with Crippen LogP contribution in [-0.2, 0) is 11.2 Å². The molecule has 3 nitrogen and oxygen atoms in total. The molecule has 0 bridgehead atoms. The van der Waals surface area contributed by atoms with E-state index in [-0.39, 0.29) is 12.3 Å². The van der Waals surface area contributed by atoms with Gasteiger partial charge in [-0.15, -0.1) is 0 Å². The van der Waals surface area contributed by atoms with Crippen molar-refractivity contribution in [2.45, 2.75) is 26.7 Å². The van der Waals surface area contributed by atoms with Gasteiger partial charge in [0.05, 0.1) is 0 Å². The van der Waals surface area contributed by atoms with Crippen molar-refractivity contribution in [1.29, 1.82) is 0 Å². The summed E-state index contributed by atoms with van der Waals surface area (Å²) in [5, 5.41) is 2.51. The average Bonchev–Trinajstić information content (AvgIpc) is 3.00. The topological polar surface area (TPSA) is 34.0 Å². The number of rotatable bonds is 5. The number of amides is 1. The maximum absolute atomic E-state index is 13.4. The van der Waals surface area contributed by atoms with Crippen molar-refractivity contribution in [1.82, 2.24) is 9.79 Å². The normalized spacial score (nSPS) is 15.4. The van der Waals surface area contributed by atoms with Crippen LogP contribution in [0.4, 0.5) is 8.63 Å². The minimum atomic E-state index is -2.59. The van der Waals surface area contributed by atoms with Crippen LogP contribution in [0, 0.1) is 0 Å². The molecule has 0 fully saturated rings. The first kappa shape index (κ1) is 17.3. The molecule has 0 saturated heterocycles. The van der Waals surface area contributed by atoms with Crippen LogP contribution in [0.3, 0.4) is 0 Å². The number of allylic oxidation sites excluding steroid dienone is 3. The first-order valence-corrected chi connectivity index (χ1v) is 10.5. The predicted molar refractivity (Wildman–Crippen MR) is 88.4 cm³/mol. The molecule has 0 unspecified atom stereocenters. The first-order valence-electron chi connectivity index (χ1n) is 7.20. The summed E-state index contributed by atoms with van der Waals surface area (Å²) >= 11 is -0.987. The van der Waals surface area contributed by atoms with E-state index >= 15 is 0 Å². The number of carbonyl (C=O) groups excluding carboxylic acids is 1. The Bertz CT molecular complexity index is 677. The summed E-state index contributed by atoms with van der Waals surface area (Å²) in [7, 11) is -1.05. The third-order valence-electron chi connectivity index (χ3n) is 3.70. The zero-order chi connectivity index (χ0) is 16.3. The SMILES string of the molecule is CNC(=O)CCc1ccc(/C=[C]2\[In]=[C](C)C=C2C)n1B(F)F. The Balaban J connectivity index is 2.30. The molecule has 114 valence electrons. The molecule has 0 atom stereocenters. The van der Waals surface area contributed by atoms with E-state index in [1.54, 1.807) is 19.2 Å². The number of hydrogen-bond donors (Lipinski definition) is 1. The first-order chi connectivity index (χ1) is 10.4. The molecule has 0 aliphatic carbocycles. The van der Waals surface area contributed by atoms with Crippen molar-refractivity contribution in [3.05, 3.63) is 38.5 Å². The van der Waals surface area contributed by atoms with Crippen LogP contribution in [0.2, 0.25) is 0 Å². The van der Waals surface area contributed by atoms with Gasteiger partial charge in [-0.3, -0.25) is 0 Å². The van der Waals surface area contributed by atoms with E-state index < -0.39 is 29.8 Å². The molecule has 1 aliphatic heterocycles. The van der Waals surface area contributed by atoms with Crippen LogP contribution in [0.15, 0.2) is 27.1 Å². The molecular formula is C15H18BF2InN2O. The standard InChI is InChI=1S/C15H18BF2N2O.In/c1-4-5-12(2)6-7-13-8-9-14(20(13)16(17)18)10-11-15(21)19-3;/h5,7-9H,10-11H2,1-3H3,(H,19,21);. The van der Waals surface area contributed by atoms with E-state index in [2.05, 4.69) is 18.3 Å². The number of carbonyl (C=O) groups is 1. The zero-order valence-corrected chi connectivity index (χ0v) is 16.3. The molecule has 1 aliphatic rings. The second kappa shape index (κ2) is 7.44. The van der Waals surface area contributed by atoms with E-state index in [9.17, 15) is 13.4 Å².